The van der Waals surface area contributed by atoms with E-state index in [1.54, 1.807) is 6.92 Å². The van der Waals surface area contributed by atoms with Gasteiger partial charge in [0.05, 0.1) is 10.3 Å². The average Bonchev–Trinajstić information content (AvgIpc) is 2.53. The largest absolute Gasteiger partial charge is 0.481 e. The molecule has 0 aliphatic heterocycles. The van der Waals surface area contributed by atoms with Crippen molar-refractivity contribution in [3.63, 3.8) is 0 Å². The van der Waals surface area contributed by atoms with Crippen LogP contribution in [0.3, 0.4) is 0 Å². The van der Waals surface area contributed by atoms with Gasteiger partial charge >= 0.3 is 5.97 Å². The van der Waals surface area contributed by atoms with Crippen LogP contribution in [0.2, 0.25) is 0 Å². The van der Waals surface area contributed by atoms with Crippen LogP contribution in [-0.4, -0.2) is 28.5 Å². The summed E-state index contributed by atoms with van der Waals surface area (Å²) >= 11 is 0. The lowest BCUT2D eigenvalue weighted by Gasteiger charge is -2.33. The zero-order valence-electron chi connectivity index (χ0n) is 13.0. The van der Waals surface area contributed by atoms with E-state index >= 15 is 0 Å². The van der Waals surface area contributed by atoms with E-state index in [1.807, 2.05) is 0 Å². The highest BCUT2D eigenvalue weighted by Crippen LogP contribution is 2.36. The SMILES string of the molecule is Cc1ccc(C(=O)NCC2(C(=O)O)CCCCC2)cc1[N+](=O)[O-]. The number of rotatable bonds is 5. The molecule has 0 unspecified atom stereocenters. The third-order valence-corrected chi connectivity index (χ3v) is 4.52. The Morgan fingerprint density at radius 3 is 2.52 bits per heavy atom. The van der Waals surface area contributed by atoms with Gasteiger partial charge in [0.1, 0.15) is 0 Å². The summed E-state index contributed by atoms with van der Waals surface area (Å²) in [7, 11) is 0. The summed E-state index contributed by atoms with van der Waals surface area (Å²) in [4.78, 5) is 34.2. The molecule has 1 amide bonds. The Bertz CT molecular complexity index is 635. The number of benzene rings is 1. The molecule has 1 aromatic rings. The molecule has 0 radical (unpaired) electrons. The van der Waals surface area contributed by atoms with Crippen molar-refractivity contribution in [1.82, 2.24) is 5.32 Å². The summed E-state index contributed by atoms with van der Waals surface area (Å²) < 4.78 is 0. The summed E-state index contributed by atoms with van der Waals surface area (Å²) in [5.74, 6) is -1.38. The van der Waals surface area contributed by atoms with Gasteiger partial charge in [-0.05, 0) is 25.8 Å². The summed E-state index contributed by atoms with van der Waals surface area (Å²) in [5, 5.41) is 23.1. The van der Waals surface area contributed by atoms with Gasteiger partial charge in [0.25, 0.3) is 11.6 Å². The molecule has 23 heavy (non-hydrogen) atoms. The lowest BCUT2D eigenvalue weighted by atomic mass is 9.74. The number of aliphatic carboxylic acids is 1. The van der Waals surface area contributed by atoms with Crippen LogP contribution in [0.5, 0.6) is 0 Å². The van der Waals surface area contributed by atoms with E-state index in [0.29, 0.717) is 18.4 Å². The molecule has 2 rings (SSSR count). The fraction of sp³-hybridized carbons (Fsp3) is 0.500. The summed E-state index contributed by atoms with van der Waals surface area (Å²) in [6.45, 7) is 1.64. The van der Waals surface area contributed by atoms with Crippen molar-refractivity contribution in [3.05, 3.63) is 39.4 Å². The summed E-state index contributed by atoms with van der Waals surface area (Å²) in [6, 6.07) is 4.24. The van der Waals surface area contributed by atoms with Crippen LogP contribution >= 0.6 is 0 Å². The quantitative estimate of drug-likeness (QED) is 0.640. The van der Waals surface area contributed by atoms with Gasteiger partial charge in [-0.3, -0.25) is 19.7 Å². The number of nitrogens with zero attached hydrogens (tertiary/aromatic N) is 1. The predicted octanol–water partition coefficient (Wildman–Crippen LogP) is 2.67. The lowest BCUT2D eigenvalue weighted by Crippen LogP contribution is -2.44. The van der Waals surface area contributed by atoms with Gasteiger partial charge in [0.15, 0.2) is 0 Å². The maximum atomic E-state index is 12.2. The van der Waals surface area contributed by atoms with Gasteiger partial charge in [-0.15, -0.1) is 0 Å². The number of hydrogen-bond donors (Lipinski definition) is 2. The molecule has 1 aliphatic carbocycles. The first kappa shape index (κ1) is 16.9. The molecule has 0 spiro atoms. The molecule has 124 valence electrons. The maximum Gasteiger partial charge on any atom is 0.311 e. The van der Waals surface area contributed by atoms with Crippen molar-refractivity contribution < 1.29 is 19.6 Å². The number of hydrogen-bond acceptors (Lipinski definition) is 4. The number of carboxylic acid groups (broad SMARTS) is 1. The first-order chi connectivity index (χ1) is 10.9. The minimum atomic E-state index is -0.926. The van der Waals surface area contributed by atoms with Crippen LogP contribution in [-0.2, 0) is 4.79 Å². The Kier molecular flexibility index (Phi) is 4.98. The molecular formula is C16H20N2O5. The number of nitro benzene ring substituents is 1. The molecule has 0 bridgehead atoms. The smallest absolute Gasteiger partial charge is 0.311 e. The van der Waals surface area contributed by atoms with Gasteiger partial charge in [-0.1, -0.05) is 25.3 Å². The number of carboxylic acids is 1. The van der Waals surface area contributed by atoms with E-state index in [2.05, 4.69) is 5.32 Å². The summed E-state index contributed by atoms with van der Waals surface area (Å²) in [5.41, 5.74) is -0.410. The molecule has 7 heteroatoms. The van der Waals surface area contributed by atoms with Crippen molar-refractivity contribution in [2.45, 2.75) is 39.0 Å². The van der Waals surface area contributed by atoms with Crippen molar-refractivity contribution in [2.24, 2.45) is 5.41 Å². The molecule has 1 aromatic carbocycles. The minimum absolute atomic E-state index is 0.0445. The lowest BCUT2D eigenvalue weighted by molar-refractivity contribution is -0.385. The van der Waals surface area contributed by atoms with Crippen LogP contribution in [0.15, 0.2) is 18.2 Å². The normalized spacial score (nSPS) is 16.6. The number of nitro groups is 1. The summed E-state index contributed by atoms with van der Waals surface area (Å²) in [6.07, 6.45) is 3.75. The van der Waals surface area contributed by atoms with E-state index in [-0.39, 0.29) is 17.8 Å². The minimum Gasteiger partial charge on any atom is -0.481 e. The van der Waals surface area contributed by atoms with Crippen LogP contribution in [0.4, 0.5) is 5.69 Å². The average molecular weight is 320 g/mol. The highest BCUT2D eigenvalue weighted by atomic mass is 16.6. The van der Waals surface area contributed by atoms with E-state index in [9.17, 15) is 24.8 Å². The van der Waals surface area contributed by atoms with Crippen molar-refractivity contribution in [3.8, 4) is 0 Å². The maximum absolute atomic E-state index is 12.2. The molecule has 1 saturated carbocycles. The molecule has 2 N–H and O–H groups in total. The molecule has 0 aromatic heterocycles. The second-order valence-electron chi connectivity index (χ2n) is 6.09. The second kappa shape index (κ2) is 6.76. The van der Waals surface area contributed by atoms with Crippen molar-refractivity contribution in [2.75, 3.05) is 6.54 Å². The number of carbonyl (C=O) groups is 2. The first-order valence-electron chi connectivity index (χ1n) is 7.62. The van der Waals surface area contributed by atoms with E-state index in [1.165, 1.54) is 18.2 Å². The van der Waals surface area contributed by atoms with Gasteiger partial charge in [0, 0.05) is 23.7 Å². The zero-order valence-corrected chi connectivity index (χ0v) is 13.0. The fourth-order valence-corrected chi connectivity index (χ4v) is 2.99. The molecule has 1 fully saturated rings. The molecule has 1 aliphatic rings. The van der Waals surface area contributed by atoms with E-state index in [0.717, 1.165) is 19.3 Å². The number of amides is 1. The highest BCUT2D eigenvalue weighted by Gasteiger charge is 2.39. The third kappa shape index (κ3) is 3.67. The molecule has 7 nitrogen and oxygen atoms in total. The molecule has 0 heterocycles. The van der Waals surface area contributed by atoms with Crippen LogP contribution in [0.25, 0.3) is 0 Å². The number of aryl methyl sites for hydroxylation is 1. The Labute approximate surface area is 133 Å². The molecule has 0 saturated heterocycles. The van der Waals surface area contributed by atoms with E-state index < -0.39 is 22.2 Å². The van der Waals surface area contributed by atoms with Crippen LogP contribution in [0, 0.1) is 22.5 Å². The fourth-order valence-electron chi connectivity index (χ4n) is 2.99. The zero-order chi connectivity index (χ0) is 17.0. The Morgan fingerprint density at radius 1 is 1.30 bits per heavy atom. The Hall–Kier alpha value is -2.44. The predicted molar refractivity (Wildman–Crippen MR) is 83.3 cm³/mol. The van der Waals surface area contributed by atoms with Gasteiger partial charge < -0.3 is 10.4 Å². The first-order valence-corrected chi connectivity index (χ1v) is 7.62. The number of carbonyl (C=O) groups excluding carboxylic acids is 1. The second-order valence-corrected chi connectivity index (χ2v) is 6.09. The van der Waals surface area contributed by atoms with Gasteiger partial charge in [0.2, 0.25) is 0 Å². The molecule has 0 atom stereocenters. The highest BCUT2D eigenvalue weighted by molar-refractivity contribution is 5.95. The van der Waals surface area contributed by atoms with Crippen LogP contribution in [0.1, 0.15) is 48.0 Å². The van der Waals surface area contributed by atoms with Crippen molar-refractivity contribution in [1.29, 1.82) is 0 Å². The van der Waals surface area contributed by atoms with Crippen LogP contribution < -0.4 is 5.32 Å². The topological polar surface area (TPSA) is 110 Å². The third-order valence-electron chi connectivity index (χ3n) is 4.52. The Morgan fingerprint density at radius 2 is 1.96 bits per heavy atom. The monoisotopic (exact) mass is 320 g/mol. The standard InChI is InChI=1S/C16H20N2O5/c1-11-5-6-12(9-13(11)18(22)23)14(19)17-10-16(15(20)21)7-3-2-4-8-16/h5-6,9H,2-4,7-8,10H2,1H3,(H,17,19)(H,20,21). The Balaban J connectivity index is 2.11. The van der Waals surface area contributed by atoms with Gasteiger partial charge in [-0.2, -0.15) is 0 Å². The van der Waals surface area contributed by atoms with E-state index in [4.69, 9.17) is 0 Å². The van der Waals surface area contributed by atoms with Gasteiger partial charge in [-0.25, -0.2) is 0 Å². The van der Waals surface area contributed by atoms with Crippen molar-refractivity contribution >= 4 is 17.6 Å². The molecular weight excluding hydrogens is 300 g/mol. The number of nitrogens with one attached hydrogen (secondary N) is 1.